The van der Waals surface area contributed by atoms with Gasteiger partial charge in [0.25, 0.3) is 0 Å². The third kappa shape index (κ3) is 3.50. The van der Waals surface area contributed by atoms with Crippen molar-refractivity contribution in [2.75, 3.05) is 26.7 Å². The summed E-state index contributed by atoms with van der Waals surface area (Å²) in [5.41, 5.74) is 0.460. The van der Waals surface area contributed by atoms with Crippen molar-refractivity contribution in [2.24, 2.45) is 5.92 Å². The lowest BCUT2D eigenvalue weighted by molar-refractivity contribution is 0.175. The van der Waals surface area contributed by atoms with Gasteiger partial charge < -0.3 is 5.32 Å². The van der Waals surface area contributed by atoms with Gasteiger partial charge in [-0.05, 0) is 63.6 Å². The molecule has 0 aliphatic carbocycles. The highest BCUT2D eigenvalue weighted by Crippen LogP contribution is 2.19. The Morgan fingerprint density at radius 3 is 2.67 bits per heavy atom. The van der Waals surface area contributed by atoms with Crippen molar-refractivity contribution in [1.82, 2.24) is 10.2 Å². The Morgan fingerprint density at radius 2 is 2.00 bits per heavy atom. The number of benzene rings is 1. The predicted molar refractivity (Wildman–Crippen MR) is 68.3 cm³/mol. The number of hydrogen-bond donors (Lipinski definition) is 1. The molecule has 1 heterocycles. The van der Waals surface area contributed by atoms with Gasteiger partial charge in [0.15, 0.2) is 0 Å². The lowest BCUT2D eigenvalue weighted by Gasteiger charge is -2.31. The van der Waals surface area contributed by atoms with Gasteiger partial charge in [-0.15, -0.1) is 0 Å². The number of rotatable bonds is 4. The minimum absolute atomic E-state index is 0.311. The summed E-state index contributed by atoms with van der Waals surface area (Å²) in [6, 6.07) is 3.67. The molecule has 1 aliphatic heterocycles. The van der Waals surface area contributed by atoms with Crippen molar-refractivity contribution in [2.45, 2.75) is 19.4 Å². The van der Waals surface area contributed by atoms with Crippen LogP contribution in [-0.4, -0.2) is 31.6 Å². The van der Waals surface area contributed by atoms with E-state index in [1.54, 1.807) is 0 Å². The van der Waals surface area contributed by atoms with Crippen LogP contribution >= 0.6 is 0 Å². The van der Waals surface area contributed by atoms with Crippen molar-refractivity contribution in [3.63, 3.8) is 0 Å². The summed E-state index contributed by atoms with van der Waals surface area (Å²) in [5.74, 6) is 0.0359. The molecule has 100 valence electrons. The second-order valence-electron chi connectivity index (χ2n) is 5.01. The highest BCUT2D eigenvalue weighted by atomic mass is 19.1. The number of nitrogens with zero attached hydrogens (tertiary/aromatic N) is 1. The summed E-state index contributed by atoms with van der Waals surface area (Å²) >= 11 is 0. The van der Waals surface area contributed by atoms with Crippen molar-refractivity contribution >= 4 is 0 Å². The molecule has 18 heavy (non-hydrogen) atoms. The molecule has 0 unspecified atom stereocenters. The molecule has 0 atom stereocenters. The van der Waals surface area contributed by atoms with Crippen LogP contribution in [0.15, 0.2) is 18.2 Å². The number of piperidine rings is 1. The van der Waals surface area contributed by atoms with Gasteiger partial charge in [0.05, 0.1) is 0 Å². The summed E-state index contributed by atoms with van der Waals surface area (Å²) in [6.07, 6.45) is 2.25. The Hall–Kier alpha value is -1.00. The van der Waals surface area contributed by atoms with E-state index in [9.17, 15) is 8.78 Å². The van der Waals surface area contributed by atoms with E-state index in [2.05, 4.69) is 10.2 Å². The van der Waals surface area contributed by atoms with E-state index >= 15 is 0 Å². The van der Waals surface area contributed by atoms with E-state index < -0.39 is 0 Å². The Morgan fingerprint density at radius 1 is 1.28 bits per heavy atom. The molecule has 1 aromatic rings. The maximum atomic E-state index is 13.5. The average Bonchev–Trinajstić information content (AvgIpc) is 2.37. The number of nitrogens with one attached hydrogen (secondary N) is 1. The molecule has 2 nitrogen and oxygen atoms in total. The first-order valence-electron chi connectivity index (χ1n) is 6.50. The van der Waals surface area contributed by atoms with Gasteiger partial charge in [0.1, 0.15) is 11.6 Å². The molecule has 0 spiro atoms. The number of halogens is 2. The zero-order chi connectivity index (χ0) is 13.0. The van der Waals surface area contributed by atoms with Crippen LogP contribution in [0.4, 0.5) is 8.78 Å². The fourth-order valence-corrected chi connectivity index (χ4v) is 2.54. The molecule has 1 aromatic carbocycles. The monoisotopic (exact) mass is 254 g/mol. The number of likely N-dealkylation sites (tertiary alicyclic amines) is 1. The maximum absolute atomic E-state index is 13.5. The van der Waals surface area contributed by atoms with Gasteiger partial charge in [-0.2, -0.15) is 0 Å². The lowest BCUT2D eigenvalue weighted by Crippen LogP contribution is -2.36. The molecular formula is C14H20F2N2. The van der Waals surface area contributed by atoms with Gasteiger partial charge >= 0.3 is 0 Å². The summed E-state index contributed by atoms with van der Waals surface area (Å²) in [6.45, 7) is 3.47. The van der Waals surface area contributed by atoms with Crippen LogP contribution in [0.25, 0.3) is 0 Å². The first-order valence-corrected chi connectivity index (χ1v) is 6.50. The van der Waals surface area contributed by atoms with E-state index in [1.807, 2.05) is 7.05 Å². The summed E-state index contributed by atoms with van der Waals surface area (Å²) in [4.78, 5) is 2.20. The zero-order valence-corrected chi connectivity index (χ0v) is 10.8. The largest absolute Gasteiger partial charge is 0.319 e. The van der Waals surface area contributed by atoms with Crippen LogP contribution in [0.5, 0.6) is 0 Å². The summed E-state index contributed by atoms with van der Waals surface area (Å²) in [5, 5.41) is 3.19. The lowest BCUT2D eigenvalue weighted by atomic mass is 9.96. The SMILES string of the molecule is CNCC1CCN(Cc2cc(F)ccc2F)CC1. The second-order valence-corrected chi connectivity index (χ2v) is 5.01. The molecule has 1 aliphatic rings. The quantitative estimate of drug-likeness (QED) is 0.887. The molecule has 2 rings (SSSR count). The van der Waals surface area contributed by atoms with Gasteiger partial charge in [-0.1, -0.05) is 0 Å². The molecule has 0 saturated carbocycles. The van der Waals surface area contributed by atoms with Gasteiger partial charge in [-0.3, -0.25) is 4.90 Å². The topological polar surface area (TPSA) is 15.3 Å². The van der Waals surface area contributed by atoms with E-state index in [1.165, 1.54) is 12.1 Å². The van der Waals surface area contributed by atoms with Crippen molar-refractivity contribution in [1.29, 1.82) is 0 Å². The third-order valence-corrected chi connectivity index (χ3v) is 3.60. The highest BCUT2D eigenvalue weighted by molar-refractivity contribution is 5.18. The van der Waals surface area contributed by atoms with E-state index in [0.717, 1.165) is 38.5 Å². The molecular weight excluding hydrogens is 234 g/mol. The van der Waals surface area contributed by atoms with Crippen LogP contribution in [-0.2, 0) is 6.54 Å². The smallest absolute Gasteiger partial charge is 0.127 e. The Kier molecular flexibility index (Phi) is 4.66. The van der Waals surface area contributed by atoms with Crippen molar-refractivity contribution in [3.05, 3.63) is 35.4 Å². The predicted octanol–water partition coefficient (Wildman–Crippen LogP) is 2.40. The normalized spacial score (nSPS) is 18.2. The zero-order valence-electron chi connectivity index (χ0n) is 10.8. The van der Waals surface area contributed by atoms with Crippen LogP contribution in [0.3, 0.4) is 0 Å². The first kappa shape index (κ1) is 13.4. The van der Waals surface area contributed by atoms with E-state index in [-0.39, 0.29) is 11.6 Å². The number of hydrogen-bond acceptors (Lipinski definition) is 2. The second kappa shape index (κ2) is 6.25. The first-order chi connectivity index (χ1) is 8.69. The third-order valence-electron chi connectivity index (χ3n) is 3.60. The molecule has 0 amide bonds. The Labute approximate surface area is 107 Å². The molecule has 1 fully saturated rings. The highest BCUT2D eigenvalue weighted by Gasteiger charge is 2.19. The molecule has 1 N–H and O–H groups in total. The minimum atomic E-state index is -0.364. The maximum Gasteiger partial charge on any atom is 0.127 e. The van der Waals surface area contributed by atoms with Crippen molar-refractivity contribution < 1.29 is 8.78 Å². The minimum Gasteiger partial charge on any atom is -0.319 e. The fourth-order valence-electron chi connectivity index (χ4n) is 2.54. The van der Waals surface area contributed by atoms with E-state index in [4.69, 9.17) is 0 Å². The van der Waals surface area contributed by atoms with Gasteiger partial charge in [-0.25, -0.2) is 8.78 Å². The van der Waals surface area contributed by atoms with Gasteiger partial charge in [0, 0.05) is 12.1 Å². The summed E-state index contributed by atoms with van der Waals surface area (Å²) in [7, 11) is 1.97. The molecule has 4 heteroatoms. The molecule has 0 bridgehead atoms. The standard InChI is InChI=1S/C14H20F2N2/c1-17-9-11-4-6-18(7-5-11)10-12-8-13(15)2-3-14(12)16/h2-3,8,11,17H,4-7,9-10H2,1H3. The Bertz CT molecular complexity index is 387. The fraction of sp³-hybridized carbons (Fsp3) is 0.571. The van der Waals surface area contributed by atoms with Gasteiger partial charge in [0.2, 0.25) is 0 Å². The van der Waals surface area contributed by atoms with Crippen LogP contribution in [0.2, 0.25) is 0 Å². The van der Waals surface area contributed by atoms with E-state index in [0.29, 0.717) is 18.0 Å². The van der Waals surface area contributed by atoms with Crippen molar-refractivity contribution in [3.8, 4) is 0 Å². The van der Waals surface area contributed by atoms with Crippen LogP contribution < -0.4 is 5.32 Å². The van der Waals surface area contributed by atoms with Crippen LogP contribution in [0, 0.1) is 17.6 Å². The molecule has 1 saturated heterocycles. The Balaban J connectivity index is 1.89. The average molecular weight is 254 g/mol. The molecule has 0 radical (unpaired) electrons. The summed E-state index contributed by atoms with van der Waals surface area (Å²) < 4.78 is 26.6. The van der Waals surface area contributed by atoms with Crippen LogP contribution in [0.1, 0.15) is 18.4 Å². The molecule has 0 aromatic heterocycles.